The molecule has 0 aliphatic carbocycles. The summed E-state index contributed by atoms with van der Waals surface area (Å²) in [4.78, 5) is 26.5. The Hall–Kier alpha value is -4.29. The predicted octanol–water partition coefficient (Wildman–Crippen LogP) is 1.79. The number of esters is 1. The second kappa shape index (κ2) is 9.29. The van der Waals surface area contributed by atoms with E-state index in [4.69, 9.17) is 19.9 Å². The van der Waals surface area contributed by atoms with E-state index in [1.807, 2.05) is 18.2 Å². The molecule has 2 N–H and O–H groups in total. The number of hydrogen-bond acceptors (Lipinski definition) is 8. The molecule has 2 aromatic carbocycles. The number of nitriles is 1. The van der Waals surface area contributed by atoms with Gasteiger partial charge < -0.3 is 19.9 Å². The van der Waals surface area contributed by atoms with Gasteiger partial charge in [0.05, 0.1) is 37.4 Å². The quantitative estimate of drug-likeness (QED) is 0.442. The first-order valence-electron chi connectivity index (χ1n) is 10.2. The normalized spacial score (nSPS) is 15.5. The highest BCUT2D eigenvalue weighted by atomic mass is 32.1. The van der Waals surface area contributed by atoms with Crippen molar-refractivity contribution in [1.82, 2.24) is 4.57 Å². The summed E-state index contributed by atoms with van der Waals surface area (Å²) in [6, 6.07) is 16.3. The van der Waals surface area contributed by atoms with Crippen molar-refractivity contribution in [3.63, 3.8) is 0 Å². The zero-order chi connectivity index (χ0) is 24.4. The maximum Gasteiger partial charge on any atom is 0.337 e. The Balaban J connectivity index is 2.16. The minimum Gasteiger partial charge on any atom is -0.497 e. The van der Waals surface area contributed by atoms with Crippen LogP contribution in [0.5, 0.6) is 5.75 Å². The van der Waals surface area contributed by atoms with Crippen LogP contribution in [0.4, 0.5) is 5.69 Å². The lowest BCUT2D eigenvalue weighted by Gasteiger charge is -2.26. The van der Waals surface area contributed by atoms with Crippen LogP contribution in [0.2, 0.25) is 0 Å². The highest BCUT2D eigenvalue weighted by Crippen LogP contribution is 2.40. The molecule has 1 aromatic heterocycles. The third-order valence-electron chi connectivity index (χ3n) is 5.53. The number of fused-ring (bicyclic) bond motifs is 1. The summed E-state index contributed by atoms with van der Waals surface area (Å²) in [5.74, 6) is -0.764. The number of nitrogens with two attached hydrogens (primary N) is 1. The number of hydrogen-bond donors (Lipinski definition) is 1. The average molecular weight is 476 g/mol. The van der Waals surface area contributed by atoms with E-state index in [1.54, 1.807) is 43.5 Å². The topological polar surface area (TPSA) is 117 Å². The van der Waals surface area contributed by atoms with Crippen LogP contribution in [0.3, 0.4) is 0 Å². The van der Waals surface area contributed by atoms with Gasteiger partial charge in [-0.2, -0.15) is 5.26 Å². The fourth-order valence-corrected chi connectivity index (χ4v) is 5.15. The number of rotatable bonds is 5. The largest absolute Gasteiger partial charge is 0.497 e. The van der Waals surface area contributed by atoms with Crippen LogP contribution < -0.4 is 25.2 Å². The third-order valence-corrected chi connectivity index (χ3v) is 6.63. The number of nitrogens with zero attached hydrogens (tertiary/aromatic N) is 2. The van der Waals surface area contributed by atoms with Gasteiger partial charge in [-0.05, 0) is 23.8 Å². The lowest BCUT2D eigenvalue weighted by atomic mass is 9.86. The number of thiazole rings is 1. The van der Waals surface area contributed by atoms with Crippen molar-refractivity contribution in [1.29, 1.82) is 5.26 Å². The van der Waals surface area contributed by atoms with Gasteiger partial charge in [0.1, 0.15) is 22.2 Å². The van der Waals surface area contributed by atoms with Crippen molar-refractivity contribution in [2.75, 3.05) is 27.1 Å². The highest BCUT2D eigenvalue weighted by Gasteiger charge is 2.38. The Morgan fingerprint density at radius 1 is 1.12 bits per heavy atom. The van der Waals surface area contributed by atoms with E-state index in [1.165, 1.54) is 18.8 Å². The maximum atomic E-state index is 13.5. The van der Waals surface area contributed by atoms with Crippen LogP contribution >= 0.6 is 11.3 Å². The number of aromatic nitrogens is 1. The molecule has 0 amide bonds. The van der Waals surface area contributed by atoms with Crippen LogP contribution in [0.1, 0.15) is 17.0 Å². The van der Waals surface area contributed by atoms with Gasteiger partial charge in [-0.3, -0.25) is 9.36 Å². The number of allylic oxidation sites excluding steroid dienone is 2. The second-order valence-electron chi connectivity index (χ2n) is 7.29. The fourth-order valence-electron chi connectivity index (χ4n) is 4.00. The molecule has 172 valence electrons. The molecule has 0 bridgehead atoms. The summed E-state index contributed by atoms with van der Waals surface area (Å²) in [6.07, 6.45) is 1.67. The third kappa shape index (κ3) is 3.64. The smallest absolute Gasteiger partial charge is 0.337 e. The van der Waals surface area contributed by atoms with Gasteiger partial charge in [0.25, 0.3) is 5.56 Å². The second-order valence-corrected chi connectivity index (χ2v) is 8.32. The summed E-state index contributed by atoms with van der Waals surface area (Å²) >= 11 is 1.08. The van der Waals surface area contributed by atoms with Crippen LogP contribution in [-0.2, 0) is 14.3 Å². The van der Waals surface area contributed by atoms with Crippen molar-refractivity contribution in [2.24, 2.45) is 0 Å². The number of methoxy groups -OCH3 is 3. The molecule has 34 heavy (non-hydrogen) atoms. The van der Waals surface area contributed by atoms with Crippen LogP contribution in [-0.4, -0.2) is 31.9 Å². The summed E-state index contributed by atoms with van der Waals surface area (Å²) in [6.45, 7) is 0. The lowest BCUT2D eigenvalue weighted by Crippen LogP contribution is -2.38. The SMILES string of the molecule is COC(=O)C1=c2sc(=Cc3ccccc3OC)c(=O)n2C(C#N)=C(OC)C1c1ccccc1N. The Labute approximate surface area is 199 Å². The van der Waals surface area contributed by atoms with E-state index in [0.29, 0.717) is 27.1 Å². The van der Waals surface area contributed by atoms with Crippen molar-refractivity contribution in [3.8, 4) is 11.8 Å². The van der Waals surface area contributed by atoms with Crippen molar-refractivity contribution in [3.05, 3.63) is 85.0 Å². The van der Waals surface area contributed by atoms with E-state index in [9.17, 15) is 14.9 Å². The summed E-state index contributed by atoms with van der Waals surface area (Å²) in [7, 11) is 4.19. The number of nitrogen functional groups attached to an aromatic ring is 1. The first kappa shape index (κ1) is 22.9. The molecule has 0 radical (unpaired) electrons. The lowest BCUT2D eigenvalue weighted by molar-refractivity contribution is -0.134. The first-order chi connectivity index (χ1) is 16.5. The van der Waals surface area contributed by atoms with E-state index < -0.39 is 17.4 Å². The molecule has 0 spiro atoms. The van der Waals surface area contributed by atoms with Gasteiger partial charge in [-0.15, -0.1) is 11.3 Å². The zero-order valence-corrected chi connectivity index (χ0v) is 19.5. The van der Waals surface area contributed by atoms with Crippen molar-refractivity contribution in [2.45, 2.75) is 5.92 Å². The number of anilines is 1. The predicted molar refractivity (Wildman–Crippen MR) is 129 cm³/mol. The molecular weight excluding hydrogens is 454 g/mol. The Bertz CT molecular complexity index is 1540. The monoisotopic (exact) mass is 475 g/mol. The van der Waals surface area contributed by atoms with Crippen LogP contribution in [0.15, 0.2) is 59.1 Å². The zero-order valence-electron chi connectivity index (χ0n) is 18.7. The molecule has 0 saturated carbocycles. The van der Waals surface area contributed by atoms with Gasteiger partial charge in [-0.1, -0.05) is 36.4 Å². The van der Waals surface area contributed by atoms with Gasteiger partial charge in [-0.25, -0.2) is 4.79 Å². The molecule has 8 nitrogen and oxygen atoms in total. The summed E-state index contributed by atoms with van der Waals surface area (Å²) in [5, 5.41) is 10.0. The molecule has 0 saturated heterocycles. The first-order valence-corrected chi connectivity index (χ1v) is 11.0. The van der Waals surface area contributed by atoms with Crippen molar-refractivity contribution < 1.29 is 19.0 Å². The number of carbonyl (C=O) groups is 1. The molecule has 1 aliphatic rings. The molecule has 4 rings (SSSR count). The van der Waals surface area contributed by atoms with E-state index in [0.717, 1.165) is 11.3 Å². The standard InChI is InChI=1S/C25H21N3O5S/c1-31-18-11-7-4-8-14(18)12-19-23(29)28-17(13-26)22(32-2)20(15-9-5-6-10-16(15)27)21(24(28)34-19)25(30)33-3/h4-12,20H,27H2,1-3H3. The Kier molecular flexibility index (Phi) is 6.25. The number of para-hydroxylation sites is 2. The van der Waals surface area contributed by atoms with E-state index in [-0.39, 0.29) is 21.7 Å². The minimum absolute atomic E-state index is 0.0145. The van der Waals surface area contributed by atoms with Gasteiger partial charge in [0.2, 0.25) is 0 Å². The summed E-state index contributed by atoms with van der Waals surface area (Å²) in [5.41, 5.74) is 7.58. The number of ether oxygens (including phenoxy) is 3. The van der Waals surface area contributed by atoms with Gasteiger partial charge >= 0.3 is 5.97 Å². The molecule has 9 heteroatoms. The Morgan fingerprint density at radius 3 is 2.47 bits per heavy atom. The average Bonchev–Trinajstić information content (AvgIpc) is 3.18. The molecule has 1 unspecified atom stereocenters. The van der Waals surface area contributed by atoms with Crippen LogP contribution in [0, 0.1) is 11.3 Å². The molecule has 1 aliphatic heterocycles. The maximum absolute atomic E-state index is 13.5. The van der Waals surface area contributed by atoms with Crippen molar-refractivity contribution >= 4 is 40.3 Å². The van der Waals surface area contributed by atoms with E-state index in [2.05, 4.69) is 6.07 Å². The molecular formula is C25H21N3O5S. The van der Waals surface area contributed by atoms with Crippen LogP contribution in [0.25, 0.3) is 17.3 Å². The molecule has 2 heterocycles. The van der Waals surface area contributed by atoms with Gasteiger partial charge in [0, 0.05) is 11.3 Å². The Morgan fingerprint density at radius 2 is 1.82 bits per heavy atom. The van der Waals surface area contributed by atoms with E-state index >= 15 is 0 Å². The fraction of sp³-hybridized carbons (Fsp3) is 0.160. The number of benzene rings is 2. The minimum atomic E-state index is -0.828. The highest BCUT2D eigenvalue weighted by molar-refractivity contribution is 7.07. The number of carbonyl (C=O) groups excluding carboxylic acids is 1. The molecule has 3 aromatic rings. The molecule has 0 fully saturated rings. The van der Waals surface area contributed by atoms with Gasteiger partial charge in [0.15, 0.2) is 5.70 Å². The molecule has 1 atom stereocenters. The summed E-state index contributed by atoms with van der Waals surface area (Å²) < 4.78 is 17.9.